The number of hydrogen-bond acceptors (Lipinski definition) is 4. The first-order chi connectivity index (χ1) is 12.5. The average Bonchev–Trinajstić information content (AvgIpc) is 2.57. The molecule has 0 atom stereocenters. The third-order valence-corrected chi connectivity index (χ3v) is 3.33. The summed E-state index contributed by atoms with van der Waals surface area (Å²) in [6.07, 6.45) is -4.09. The molecule has 2 aromatic carbocycles. The lowest BCUT2D eigenvalue weighted by Crippen LogP contribution is -2.15. The van der Waals surface area contributed by atoms with E-state index in [2.05, 4.69) is 11.9 Å². The summed E-state index contributed by atoms with van der Waals surface area (Å²) in [5.74, 6) is -4.89. The second-order valence-corrected chi connectivity index (χ2v) is 5.23. The van der Waals surface area contributed by atoms with Gasteiger partial charge >= 0.3 is 6.18 Å². The molecule has 0 aliphatic heterocycles. The van der Waals surface area contributed by atoms with E-state index >= 15 is 0 Å². The number of phenols is 2. The fourth-order valence-corrected chi connectivity index (χ4v) is 2.06. The van der Waals surface area contributed by atoms with Gasteiger partial charge in [-0.05, 0) is 30.3 Å². The number of carbonyl (C=O) groups is 2. The monoisotopic (exact) mass is 384 g/mol. The van der Waals surface area contributed by atoms with Crippen LogP contribution in [0.1, 0.15) is 15.9 Å². The number of anilines is 2. The van der Waals surface area contributed by atoms with Crippen molar-refractivity contribution in [2.24, 2.45) is 0 Å². The second-order valence-electron chi connectivity index (χ2n) is 5.23. The highest BCUT2D eigenvalue weighted by Crippen LogP contribution is 2.37. The van der Waals surface area contributed by atoms with E-state index in [1.54, 1.807) is 0 Å². The van der Waals surface area contributed by atoms with Crippen molar-refractivity contribution >= 4 is 23.2 Å². The Kier molecular flexibility index (Phi) is 5.39. The van der Waals surface area contributed by atoms with Crippen LogP contribution in [0.5, 0.6) is 11.5 Å². The van der Waals surface area contributed by atoms with E-state index in [1.165, 1.54) is 6.07 Å². The van der Waals surface area contributed by atoms with Crippen LogP contribution in [0.4, 0.5) is 28.9 Å². The van der Waals surface area contributed by atoms with Crippen molar-refractivity contribution in [2.45, 2.75) is 6.18 Å². The Hall–Kier alpha value is -3.56. The van der Waals surface area contributed by atoms with Gasteiger partial charge in [-0.1, -0.05) is 6.58 Å². The number of phenolic OH excluding ortho intramolecular Hbond substituents is 2. The zero-order valence-electron chi connectivity index (χ0n) is 13.4. The molecule has 142 valence electrons. The Morgan fingerprint density at radius 2 is 1.70 bits per heavy atom. The van der Waals surface area contributed by atoms with Crippen LogP contribution in [0.2, 0.25) is 0 Å². The summed E-state index contributed by atoms with van der Waals surface area (Å²) in [7, 11) is 0. The Morgan fingerprint density at radius 3 is 2.30 bits per heavy atom. The van der Waals surface area contributed by atoms with Crippen molar-refractivity contribution in [3.8, 4) is 11.5 Å². The van der Waals surface area contributed by atoms with Crippen molar-refractivity contribution in [1.82, 2.24) is 0 Å². The van der Waals surface area contributed by atoms with Crippen LogP contribution >= 0.6 is 0 Å². The Balaban J connectivity index is 2.36. The highest BCUT2D eigenvalue weighted by Gasteiger charge is 2.35. The number of hydrogen-bond donors (Lipinski definition) is 4. The van der Waals surface area contributed by atoms with Gasteiger partial charge in [-0.2, -0.15) is 13.2 Å². The number of amides is 2. The Morgan fingerprint density at radius 1 is 1.04 bits per heavy atom. The zero-order chi connectivity index (χ0) is 20.4. The number of rotatable bonds is 4. The van der Waals surface area contributed by atoms with Crippen LogP contribution < -0.4 is 10.6 Å². The summed E-state index contributed by atoms with van der Waals surface area (Å²) >= 11 is 0. The van der Waals surface area contributed by atoms with E-state index in [-0.39, 0.29) is 17.8 Å². The third-order valence-electron chi connectivity index (χ3n) is 3.33. The second kappa shape index (κ2) is 7.36. The van der Waals surface area contributed by atoms with E-state index in [4.69, 9.17) is 0 Å². The Bertz CT molecular complexity index is 926. The number of benzene rings is 2. The van der Waals surface area contributed by atoms with E-state index in [0.717, 1.165) is 18.2 Å². The zero-order valence-corrected chi connectivity index (χ0v) is 13.4. The van der Waals surface area contributed by atoms with Gasteiger partial charge in [0.15, 0.2) is 0 Å². The standard InChI is InChI=1S/C17H12F4N2O4/c1-2-15(26)22-8-3-4-13(24)9(5-8)16(27)23-12-6-10(17(19,20)21)11(18)7-14(12)25/h2-7,24-25H,1H2,(H,22,26)(H,23,27). The maximum Gasteiger partial charge on any atom is 0.419 e. The first kappa shape index (κ1) is 19.8. The number of carbonyl (C=O) groups excluding carboxylic acids is 2. The molecule has 0 fully saturated rings. The molecule has 2 aromatic rings. The topological polar surface area (TPSA) is 98.7 Å². The van der Waals surface area contributed by atoms with Gasteiger partial charge in [-0.15, -0.1) is 0 Å². The van der Waals surface area contributed by atoms with Crippen LogP contribution in [-0.4, -0.2) is 22.0 Å². The number of nitrogens with one attached hydrogen (secondary N) is 2. The van der Waals surface area contributed by atoms with Crippen molar-refractivity contribution in [1.29, 1.82) is 0 Å². The molecule has 0 saturated carbocycles. The van der Waals surface area contributed by atoms with Crippen LogP contribution in [0.15, 0.2) is 43.0 Å². The lowest BCUT2D eigenvalue weighted by molar-refractivity contribution is -0.140. The minimum Gasteiger partial charge on any atom is -0.507 e. The van der Waals surface area contributed by atoms with Gasteiger partial charge in [0.05, 0.1) is 16.8 Å². The van der Waals surface area contributed by atoms with Gasteiger partial charge in [0.2, 0.25) is 5.91 Å². The van der Waals surface area contributed by atoms with E-state index in [1.807, 2.05) is 5.32 Å². The highest BCUT2D eigenvalue weighted by atomic mass is 19.4. The molecule has 0 bridgehead atoms. The highest BCUT2D eigenvalue weighted by molar-refractivity contribution is 6.08. The molecule has 0 aliphatic rings. The molecular formula is C17H12F4N2O4. The van der Waals surface area contributed by atoms with Crippen LogP contribution in [0.3, 0.4) is 0 Å². The van der Waals surface area contributed by atoms with Gasteiger partial charge in [0, 0.05) is 11.8 Å². The summed E-state index contributed by atoms with van der Waals surface area (Å²) in [6, 6.07) is 3.82. The molecule has 0 spiro atoms. The maximum absolute atomic E-state index is 13.4. The van der Waals surface area contributed by atoms with Crippen molar-refractivity contribution in [3.05, 3.63) is 59.9 Å². The molecule has 6 nitrogen and oxygen atoms in total. The predicted octanol–water partition coefficient (Wildman–Crippen LogP) is 3.63. The Labute approximate surface area is 149 Å². The van der Waals surface area contributed by atoms with Gasteiger partial charge < -0.3 is 20.8 Å². The molecule has 4 N–H and O–H groups in total. The van der Waals surface area contributed by atoms with Crippen molar-refractivity contribution in [2.75, 3.05) is 10.6 Å². The van der Waals surface area contributed by atoms with Gasteiger partial charge in [0.25, 0.3) is 5.91 Å². The number of halogens is 4. The van der Waals surface area contributed by atoms with E-state index < -0.39 is 52.1 Å². The largest absolute Gasteiger partial charge is 0.507 e. The summed E-state index contributed by atoms with van der Waals surface area (Å²) < 4.78 is 51.7. The molecule has 0 heterocycles. The van der Waals surface area contributed by atoms with Gasteiger partial charge in [0.1, 0.15) is 17.3 Å². The molecule has 2 rings (SSSR count). The average molecular weight is 384 g/mol. The van der Waals surface area contributed by atoms with E-state index in [9.17, 15) is 37.4 Å². The molecular weight excluding hydrogens is 372 g/mol. The molecule has 0 saturated heterocycles. The summed E-state index contributed by atoms with van der Waals surface area (Å²) in [5, 5.41) is 23.7. The minimum atomic E-state index is -5.05. The molecule has 27 heavy (non-hydrogen) atoms. The van der Waals surface area contributed by atoms with Crippen LogP contribution in [0.25, 0.3) is 0 Å². The predicted molar refractivity (Wildman–Crippen MR) is 88.0 cm³/mol. The van der Waals surface area contributed by atoms with Crippen LogP contribution in [0, 0.1) is 5.82 Å². The summed E-state index contributed by atoms with van der Waals surface area (Å²) in [5.41, 5.74) is -2.71. The first-order valence-electron chi connectivity index (χ1n) is 7.20. The van der Waals surface area contributed by atoms with Crippen molar-refractivity contribution < 1.29 is 37.4 Å². The van der Waals surface area contributed by atoms with Crippen LogP contribution in [-0.2, 0) is 11.0 Å². The number of alkyl halides is 3. The fraction of sp³-hybridized carbons (Fsp3) is 0.0588. The lowest BCUT2D eigenvalue weighted by Gasteiger charge is -2.13. The minimum absolute atomic E-state index is 0.0992. The molecule has 10 heteroatoms. The quantitative estimate of drug-likeness (QED) is 0.280. The third kappa shape index (κ3) is 4.54. The summed E-state index contributed by atoms with van der Waals surface area (Å²) in [6.45, 7) is 3.24. The van der Waals surface area contributed by atoms with Crippen molar-refractivity contribution in [3.63, 3.8) is 0 Å². The normalized spacial score (nSPS) is 11.0. The molecule has 0 unspecified atom stereocenters. The summed E-state index contributed by atoms with van der Waals surface area (Å²) in [4.78, 5) is 23.5. The number of aromatic hydroxyl groups is 2. The van der Waals surface area contributed by atoms with Gasteiger partial charge in [-0.3, -0.25) is 9.59 Å². The molecule has 2 amide bonds. The lowest BCUT2D eigenvalue weighted by atomic mass is 10.1. The van der Waals surface area contributed by atoms with E-state index in [0.29, 0.717) is 0 Å². The smallest absolute Gasteiger partial charge is 0.419 e. The molecule has 0 radical (unpaired) electrons. The fourth-order valence-electron chi connectivity index (χ4n) is 2.06. The first-order valence-corrected chi connectivity index (χ1v) is 7.20. The molecule has 0 aliphatic carbocycles. The SMILES string of the molecule is C=CC(=O)Nc1ccc(O)c(C(=O)Nc2cc(C(F)(F)F)c(F)cc2O)c1. The molecule has 0 aromatic heterocycles. The van der Waals surface area contributed by atoms with Gasteiger partial charge in [-0.25, -0.2) is 4.39 Å². The maximum atomic E-state index is 13.4.